The first kappa shape index (κ1) is 17.8. The van der Waals surface area contributed by atoms with Gasteiger partial charge in [0, 0.05) is 44.8 Å². The van der Waals surface area contributed by atoms with E-state index in [0.29, 0.717) is 5.92 Å². The maximum Gasteiger partial charge on any atom is 0.190 e. The summed E-state index contributed by atoms with van der Waals surface area (Å²) in [6, 6.07) is 0. The van der Waals surface area contributed by atoms with Gasteiger partial charge < -0.3 is 19.9 Å². The van der Waals surface area contributed by atoms with E-state index < -0.39 is 0 Å². The van der Waals surface area contributed by atoms with E-state index in [9.17, 15) is 0 Å². The van der Waals surface area contributed by atoms with E-state index in [0.717, 1.165) is 56.1 Å². The highest BCUT2D eigenvalue weighted by atomic mass is 16.5. The Bertz CT molecular complexity index is 489. The number of aryl methyl sites for hydroxylation is 2. The van der Waals surface area contributed by atoms with Crippen LogP contribution in [0.15, 0.2) is 9.52 Å². The van der Waals surface area contributed by atoms with Crippen molar-refractivity contribution in [1.82, 2.24) is 15.8 Å². The van der Waals surface area contributed by atoms with Gasteiger partial charge in [0.1, 0.15) is 5.76 Å². The summed E-state index contributed by atoms with van der Waals surface area (Å²) in [6.45, 7) is 9.51. The summed E-state index contributed by atoms with van der Waals surface area (Å²) < 4.78 is 10.9. The lowest BCUT2D eigenvalue weighted by atomic mass is 10.00. The first-order chi connectivity index (χ1) is 11.1. The summed E-state index contributed by atoms with van der Waals surface area (Å²) in [4.78, 5) is 4.26. The van der Waals surface area contributed by atoms with Crippen molar-refractivity contribution in [2.75, 3.05) is 33.4 Å². The Kier molecular flexibility index (Phi) is 6.89. The number of guanidine groups is 1. The number of ether oxygens (including phenoxy) is 1. The Labute approximate surface area is 139 Å². The Morgan fingerprint density at radius 2 is 2.17 bits per heavy atom. The number of aromatic nitrogens is 1. The highest BCUT2D eigenvalue weighted by Crippen LogP contribution is 2.28. The summed E-state index contributed by atoms with van der Waals surface area (Å²) in [5.74, 6) is 2.88. The molecule has 130 valence electrons. The quantitative estimate of drug-likeness (QED) is 0.415. The number of aliphatic imine (C=N–C) groups is 1. The Morgan fingerprint density at radius 3 is 2.78 bits per heavy atom. The molecule has 1 unspecified atom stereocenters. The van der Waals surface area contributed by atoms with Crippen molar-refractivity contribution in [3.63, 3.8) is 0 Å². The Hall–Kier alpha value is -1.56. The molecule has 23 heavy (non-hydrogen) atoms. The van der Waals surface area contributed by atoms with Crippen molar-refractivity contribution in [2.45, 2.75) is 46.0 Å². The molecule has 0 amide bonds. The van der Waals surface area contributed by atoms with Crippen LogP contribution in [0.3, 0.4) is 0 Å². The van der Waals surface area contributed by atoms with E-state index in [1.54, 1.807) is 7.05 Å². The molecule has 0 radical (unpaired) electrons. The Balaban J connectivity index is 1.62. The van der Waals surface area contributed by atoms with Crippen molar-refractivity contribution < 1.29 is 9.26 Å². The van der Waals surface area contributed by atoms with Gasteiger partial charge in [0.15, 0.2) is 5.96 Å². The molecule has 1 fully saturated rings. The van der Waals surface area contributed by atoms with Crippen molar-refractivity contribution in [1.29, 1.82) is 0 Å². The van der Waals surface area contributed by atoms with Crippen LogP contribution in [-0.2, 0) is 4.74 Å². The second-order valence-electron chi connectivity index (χ2n) is 6.39. The van der Waals surface area contributed by atoms with E-state index in [4.69, 9.17) is 9.26 Å². The van der Waals surface area contributed by atoms with Crippen molar-refractivity contribution in [3.05, 3.63) is 17.0 Å². The molecule has 0 spiro atoms. The SMILES string of the molecule is CN=C(NCCCOCC1CC1)NCC(C)c1c(C)noc1C. The van der Waals surface area contributed by atoms with Crippen molar-refractivity contribution in [2.24, 2.45) is 10.9 Å². The molecule has 1 heterocycles. The molecule has 2 N–H and O–H groups in total. The summed E-state index contributed by atoms with van der Waals surface area (Å²) >= 11 is 0. The molecule has 0 saturated heterocycles. The van der Waals surface area contributed by atoms with Gasteiger partial charge in [0.2, 0.25) is 0 Å². The van der Waals surface area contributed by atoms with Crippen LogP contribution in [0.4, 0.5) is 0 Å². The topological polar surface area (TPSA) is 71.7 Å². The van der Waals surface area contributed by atoms with Crippen LogP contribution >= 0.6 is 0 Å². The van der Waals surface area contributed by atoms with Gasteiger partial charge in [0.05, 0.1) is 5.69 Å². The zero-order valence-electron chi connectivity index (χ0n) is 14.8. The van der Waals surface area contributed by atoms with Gasteiger partial charge in [-0.3, -0.25) is 4.99 Å². The van der Waals surface area contributed by atoms with Crippen LogP contribution in [0.25, 0.3) is 0 Å². The third-order valence-corrected chi connectivity index (χ3v) is 4.19. The molecule has 6 nitrogen and oxygen atoms in total. The fraction of sp³-hybridized carbons (Fsp3) is 0.765. The maximum atomic E-state index is 5.63. The molecule has 0 aliphatic heterocycles. The van der Waals surface area contributed by atoms with Crippen molar-refractivity contribution >= 4 is 5.96 Å². The highest BCUT2D eigenvalue weighted by molar-refractivity contribution is 5.79. The van der Waals surface area contributed by atoms with E-state index in [1.165, 1.54) is 18.4 Å². The third kappa shape index (κ3) is 5.86. The lowest BCUT2D eigenvalue weighted by Crippen LogP contribution is -2.39. The van der Waals surface area contributed by atoms with Gasteiger partial charge in [-0.1, -0.05) is 12.1 Å². The monoisotopic (exact) mass is 322 g/mol. The van der Waals surface area contributed by atoms with Crippen molar-refractivity contribution in [3.8, 4) is 0 Å². The molecular weight excluding hydrogens is 292 g/mol. The summed E-state index contributed by atoms with van der Waals surface area (Å²) in [5, 5.41) is 10.7. The van der Waals surface area contributed by atoms with E-state index in [-0.39, 0.29) is 0 Å². The molecule has 1 aromatic heterocycles. The minimum Gasteiger partial charge on any atom is -0.381 e. The van der Waals surface area contributed by atoms with E-state index in [2.05, 4.69) is 27.7 Å². The maximum absolute atomic E-state index is 5.63. The molecule has 1 atom stereocenters. The molecule has 1 saturated carbocycles. The molecule has 0 aromatic carbocycles. The van der Waals surface area contributed by atoms with Gasteiger partial charge in [-0.25, -0.2) is 0 Å². The average molecular weight is 322 g/mol. The average Bonchev–Trinajstić information content (AvgIpc) is 3.30. The summed E-state index contributed by atoms with van der Waals surface area (Å²) in [5.41, 5.74) is 2.15. The smallest absolute Gasteiger partial charge is 0.190 e. The predicted molar refractivity (Wildman–Crippen MR) is 91.9 cm³/mol. The highest BCUT2D eigenvalue weighted by Gasteiger charge is 2.20. The molecule has 1 aliphatic carbocycles. The molecule has 6 heteroatoms. The van der Waals surface area contributed by atoms with Crippen LogP contribution in [0.2, 0.25) is 0 Å². The fourth-order valence-electron chi connectivity index (χ4n) is 2.68. The van der Waals surface area contributed by atoms with Gasteiger partial charge in [-0.15, -0.1) is 0 Å². The molecule has 0 bridgehead atoms. The van der Waals surface area contributed by atoms with Gasteiger partial charge in [-0.05, 0) is 39.0 Å². The largest absolute Gasteiger partial charge is 0.381 e. The molecular formula is C17H30N4O2. The fourth-order valence-corrected chi connectivity index (χ4v) is 2.68. The minimum atomic E-state index is 0.321. The third-order valence-electron chi connectivity index (χ3n) is 4.19. The lowest BCUT2D eigenvalue weighted by molar-refractivity contribution is 0.123. The summed E-state index contributed by atoms with van der Waals surface area (Å²) in [6.07, 6.45) is 3.68. The normalized spacial score (nSPS) is 16.4. The number of nitrogens with zero attached hydrogens (tertiary/aromatic N) is 2. The number of hydrogen-bond acceptors (Lipinski definition) is 4. The number of rotatable bonds is 9. The lowest BCUT2D eigenvalue weighted by Gasteiger charge is -2.16. The molecule has 1 aromatic rings. The zero-order valence-corrected chi connectivity index (χ0v) is 14.8. The second kappa shape index (κ2) is 8.91. The van der Waals surface area contributed by atoms with Gasteiger partial charge >= 0.3 is 0 Å². The van der Waals surface area contributed by atoms with Crippen LogP contribution < -0.4 is 10.6 Å². The predicted octanol–water partition coefficient (Wildman–Crippen LogP) is 2.38. The van der Waals surface area contributed by atoms with Gasteiger partial charge in [0.25, 0.3) is 0 Å². The Morgan fingerprint density at radius 1 is 1.39 bits per heavy atom. The first-order valence-electron chi connectivity index (χ1n) is 8.56. The van der Waals surface area contributed by atoms with Crippen LogP contribution in [0.1, 0.15) is 49.1 Å². The molecule has 1 aliphatic rings. The standard InChI is InChI=1S/C17H30N4O2/c1-12(16-13(2)21-23-14(16)3)10-20-17(18-4)19-8-5-9-22-11-15-6-7-15/h12,15H,5-11H2,1-4H3,(H2,18,19,20). The number of nitrogens with one attached hydrogen (secondary N) is 2. The van der Waals surface area contributed by atoms with E-state index >= 15 is 0 Å². The second-order valence-corrected chi connectivity index (χ2v) is 6.39. The number of hydrogen-bond donors (Lipinski definition) is 2. The van der Waals surface area contributed by atoms with Crippen LogP contribution in [-0.4, -0.2) is 44.5 Å². The van der Waals surface area contributed by atoms with Crippen LogP contribution in [0.5, 0.6) is 0 Å². The zero-order chi connectivity index (χ0) is 16.7. The summed E-state index contributed by atoms with van der Waals surface area (Å²) in [7, 11) is 1.79. The molecule has 2 rings (SSSR count). The van der Waals surface area contributed by atoms with Crippen LogP contribution in [0, 0.1) is 19.8 Å². The minimum absolute atomic E-state index is 0.321. The van der Waals surface area contributed by atoms with E-state index in [1.807, 2.05) is 13.8 Å². The van der Waals surface area contributed by atoms with Gasteiger partial charge in [-0.2, -0.15) is 0 Å². The first-order valence-corrected chi connectivity index (χ1v) is 8.56.